The van der Waals surface area contributed by atoms with Crippen molar-refractivity contribution in [1.29, 1.82) is 0 Å². The van der Waals surface area contributed by atoms with Gasteiger partial charge in [-0.1, -0.05) is 5.06 Å². The number of hydrogen-bond acceptors (Lipinski definition) is 7. The number of carbonyl (C=O) groups excluding carboxylic acids is 3. The standard InChI is InChI=1S/C11H13NO7/c13-8-1-2-9(14)12(8)19-11(15)18-7-5-17-10-6(7)3-4-16-10/h6-7,10H,1-5H2/t6-,7?,10+/m0/s1. The van der Waals surface area contributed by atoms with Crippen molar-refractivity contribution in [3.8, 4) is 0 Å². The van der Waals surface area contributed by atoms with E-state index >= 15 is 0 Å². The van der Waals surface area contributed by atoms with Crippen LogP contribution in [-0.4, -0.2) is 48.6 Å². The van der Waals surface area contributed by atoms with Crippen molar-refractivity contribution in [2.45, 2.75) is 31.7 Å². The Kier molecular flexibility index (Phi) is 3.11. The lowest BCUT2D eigenvalue weighted by molar-refractivity contribution is -0.179. The molecule has 8 nitrogen and oxygen atoms in total. The number of imide groups is 1. The minimum Gasteiger partial charge on any atom is -0.426 e. The van der Waals surface area contributed by atoms with Crippen LogP contribution in [0.2, 0.25) is 0 Å². The Morgan fingerprint density at radius 2 is 1.95 bits per heavy atom. The van der Waals surface area contributed by atoms with Gasteiger partial charge in [0, 0.05) is 12.8 Å². The van der Waals surface area contributed by atoms with E-state index in [4.69, 9.17) is 14.2 Å². The van der Waals surface area contributed by atoms with Gasteiger partial charge in [-0.05, 0) is 6.42 Å². The fourth-order valence-electron chi connectivity index (χ4n) is 2.43. The normalized spacial score (nSPS) is 33.7. The largest absolute Gasteiger partial charge is 0.534 e. The molecule has 0 radical (unpaired) electrons. The highest BCUT2D eigenvalue weighted by molar-refractivity contribution is 6.01. The van der Waals surface area contributed by atoms with Crippen molar-refractivity contribution in [1.82, 2.24) is 5.06 Å². The molecule has 0 aromatic rings. The molecule has 0 aliphatic carbocycles. The van der Waals surface area contributed by atoms with E-state index in [1.807, 2.05) is 0 Å². The average Bonchev–Trinajstić information content (AvgIpc) is 3.03. The van der Waals surface area contributed by atoms with Crippen LogP contribution in [0, 0.1) is 5.92 Å². The first-order valence-corrected chi connectivity index (χ1v) is 6.13. The Hall–Kier alpha value is -1.67. The maximum absolute atomic E-state index is 11.5. The summed E-state index contributed by atoms with van der Waals surface area (Å²) in [6.45, 7) is 0.791. The van der Waals surface area contributed by atoms with Crippen LogP contribution in [0.1, 0.15) is 19.3 Å². The van der Waals surface area contributed by atoms with Gasteiger partial charge in [0.2, 0.25) is 0 Å². The summed E-state index contributed by atoms with van der Waals surface area (Å²) in [6, 6.07) is 0. The topological polar surface area (TPSA) is 91.4 Å². The Labute approximate surface area is 108 Å². The molecule has 2 amide bonds. The molecule has 0 N–H and O–H groups in total. The van der Waals surface area contributed by atoms with Crippen LogP contribution in [0.15, 0.2) is 0 Å². The van der Waals surface area contributed by atoms with Gasteiger partial charge in [-0.15, -0.1) is 0 Å². The molecule has 3 atom stereocenters. The molecule has 0 aromatic carbocycles. The van der Waals surface area contributed by atoms with Gasteiger partial charge in [0.15, 0.2) is 6.29 Å². The number of hydroxylamine groups is 2. The summed E-state index contributed by atoms with van der Waals surface area (Å²) in [5.41, 5.74) is 0. The highest BCUT2D eigenvalue weighted by atomic mass is 16.8. The van der Waals surface area contributed by atoms with E-state index in [0.717, 1.165) is 6.42 Å². The summed E-state index contributed by atoms with van der Waals surface area (Å²) in [5, 5.41) is 0.459. The Morgan fingerprint density at radius 1 is 1.21 bits per heavy atom. The fraction of sp³-hybridized carbons (Fsp3) is 0.727. The Balaban J connectivity index is 1.54. The van der Waals surface area contributed by atoms with Crippen molar-refractivity contribution < 1.29 is 33.4 Å². The molecule has 1 unspecified atom stereocenters. The van der Waals surface area contributed by atoms with Gasteiger partial charge in [-0.3, -0.25) is 14.4 Å². The van der Waals surface area contributed by atoms with Crippen LogP contribution in [-0.2, 0) is 28.6 Å². The number of fused-ring (bicyclic) bond motifs is 1. The summed E-state index contributed by atoms with van der Waals surface area (Å²) >= 11 is 0. The lowest BCUT2D eigenvalue weighted by Crippen LogP contribution is -2.35. The molecule has 3 rings (SSSR count). The average molecular weight is 271 g/mol. The summed E-state index contributed by atoms with van der Waals surface area (Å²) < 4.78 is 15.7. The van der Waals surface area contributed by atoms with Crippen LogP contribution in [0.4, 0.5) is 4.79 Å². The number of amides is 2. The van der Waals surface area contributed by atoms with Crippen LogP contribution in [0.25, 0.3) is 0 Å². The molecule has 0 saturated carbocycles. The van der Waals surface area contributed by atoms with Crippen molar-refractivity contribution in [2.75, 3.05) is 13.2 Å². The molecule has 0 aromatic heterocycles. The zero-order valence-electron chi connectivity index (χ0n) is 10.1. The summed E-state index contributed by atoms with van der Waals surface area (Å²) in [7, 11) is 0. The molecule has 8 heteroatoms. The van der Waals surface area contributed by atoms with E-state index < -0.39 is 24.1 Å². The lowest BCUT2D eigenvalue weighted by atomic mass is 10.0. The minimum absolute atomic E-state index is 0.0162. The second-order valence-corrected chi connectivity index (χ2v) is 4.60. The van der Waals surface area contributed by atoms with Gasteiger partial charge < -0.3 is 14.2 Å². The lowest BCUT2D eigenvalue weighted by Gasteiger charge is -2.17. The zero-order valence-corrected chi connectivity index (χ0v) is 10.1. The zero-order chi connectivity index (χ0) is 13.4. The van der Waals surface area contributed by atoms with E-state index in [0.29, 0.717) is 11.7 Å². The van der Waals surface area contributed by atoms with Gasteiger partial charge in [-0.2, -0.15) is 0 Å². The molecule has 3 aliphatic heterocycles. The molecule has 3 saturated heterocycles. The van der Waals surface area contributed by atoms with Gasteiger partial charge in [-0.25, -0.2) is 4.79 Å². The molecular weight excluding hydrogens is 258 g/mol. The molecule has 3 fully saturated rings. The first kappa shape index (κ1) is 12.4. The molecule has 104 valence electrons. The number of hydrogen-bond donors (Lipinski definition) is 0. The van der Waals surface area contributed by atoms with Crippen LogP contribution < -0.4 is 0 Å². The van der Waals surface area contributed by atoms with Gasteiger partial charge in [0.25, 0.3) is 11.8 Å². The summed E-state index contributed by atoms with van der Waals surface area (Å²) in [5.74, 6) is -1.09. The summed E-state index contributed by atoms with van der Waals surface area (Å²) in [6.07, 6.45) is -1.02. The highest BCUT2D eigenvalue weighted by Gasteiger charge is 2.44. The first-order chi connectivity index (χ1) is 9.15. The number of nitrogens with zero attached hydrogens (tertiary/aromatic N) is 1. The maximum Gasteiger partial charge on any atom is 0.534 e. The molecular formula is C11H13NO7. The monoisotopic (exact) mass is 271 g/mol. The van der Waals surface area contributed by atoms with Crippen molar-refractivity contribution >= 4 is 18.0 Å². The van der Waals surface area contributed by atoms with E-state index in [1.54, 1.807) is 0 Å². The third kappa shape index (κ3) is 2.28. The fourth-order valence-corrected chi connectivity index (χ4v) is 2.43. The number of ether oxygens (including phenoxy) is 3. The molecule has 19 heavy (non-hydrogen) atoms. The van der Waals surface area contributed by atoms with Crippen LogP contribution in [0.5, 0.6) is 0 Å². The van der Waals surface area contributed by atoms with Crippen LogP contribution in [0.3, 0.4) is 0 Å². The quantitative estimate of drug-likeness (QED) is 0.514. The predicted octanol–water partition coefficient (Wildman–Crippen LogP) is -0.0350. The van der Waals surface area contributed by atoms with E-state index in [9.17, 15) is 14.4 Å². The van der Waals surface area contributed by atoms with E-state index in [1.165, 1.54) is 0 Å². The van der Waals surface area contributed by atoms with Crippen molar-refractivity contribution in [2.24, 2.45) is 5.92 Å². The van der Waals surface area contributed by atoms with E-state index in [2.05, 4.69) is 4.84 Å². The SMILES string of the molecule is O=C(OC1CO[C@H]2OCC[C@@H]12)ON1C(=O)CCC1=O. The molecule has 0 spiro atoms. The second kappa shape index (κ2) is 4.78. The molecule has 0 bridgehead atoms. The van der Waals surface area contributed by atoms with Crippen LogP contribution >= 0.6 is 0 Å². The summed E-state index contributed by atoms with van der Waals surface area (Å²) in [4.78, 5) is 38.7. The third-order valence-electron chi connectivity index (χ3n) is 3.40. The Bertz CT molecular complexity index is 407. The Morgan fingerprint density at radius 3 is 2.68 bits per heavy atom. The second-order valence-electron chi connectivity index (χ2n) is 4.60. The van der Waals surface area contributed by atoms with Crippen molar-refractivity contribution in [3.05, 3.63) is 0 Å². The van der Waals surface area contributed by atoms with Gasteiger partial charge in [0.05, 0.1) is 19.1 Å². The molecule has 3 aliphatic rings. The number of carbonyl (C=O) groups is 3. The predicted molar refractivity (Wildman–Crippen MR) is 56.2 cm³/mol. The molecule has 3 heterocycles. The van der Waals surface area contributed by atoms with E-state index in [-0.39, 0.29) is 31.7 Å². The van der Waals surface area contributed by atoms with Gasteiger partial charge in [0.1, 0.15) is 6.10 Å². The first-order valence-electron chi connectivity index (χ1n) is 6.13. The maximum atomic E-state index is 11.5. The van der Waals surface area contributed by atoms with Gasteiger partial charge >= 0.3 is 6.16 Å². The third-order valence-corrected chi connectivity index (χ3v) is 3.40. The highest BCUT2D eigenvalue weighted by Crippen LogP contribution is 2.33. The minimum atomic E-state index is -1.07. The number of rotatable bonds is 2. The smallest absolute Gasteiger partial charge is 0.426 e. The van der Waals surface area contributed by atoms with Crippen molar-refractivity contribution in [3.63, 3.8) is 0 Å².